The molecular weight excluding hydrogens is 206 g/mol. The molecule has 2 aromatic rings. The molecule has 0 bridgehead atoms. The predicted octanol–water partition coefficient (Wildman–Crippen LogP) is 1.57. The van der Waals surface area contributed by atoms with Crippen molar-refractivity contribution in [1.29, 1.82) is 0 Å². The minimum absolute atomic E-state index is 0.00347. The first-order valence-electron chi connectivity index (χ1n) is 4.78. The number of phenols is 2. The molecule has 0 saturated carbocycles. The highest BCUT2D eigenvalue weighted by atomic mass is 16.3. The molecule has 5 nitrogen and oxygen atoms in total. The quantitative estimate of drug-likeness (QED) is 0.757. The molecule has 0 aliphatic rings. The van der Waals surface area contributed by atoms with Crippen LogP contribution in [0.4, 0.5) is 0 Å². The van der Waals surface area contributed by atoms with Gasteiger partial charge in [0.15, 0.2) is 5.82 Å². The number of aromatic hydroxyl groups is 2. The molecule has 0 saturated heterocycles. The van der Waals surface area contributed by atoms with Crippen LogP contribution in [0.2, 0.25) is 0 Å². The maximum absolute atomic E-state index is 9.67. The molecule has 1 heterocycles. The molecule has 1 aromatic heterocycles. The van der Waals surface area contributed by atoms with E-state index in [0.29, 0.717) is 23.0 Å². The minimum atomic E-state index is -0.0509. The number of nitrogens with zero attached hydrogens (tertiary/aromatic N) is 3. The van der Waals surface area contributed by atoms with E-state index in [0.717, 1.165) is 0 Å². The maximum atomic E-state index is 9.67. The summed E-state index contributed by atoms with van der Waals surface area (Å²) in [5.41, 5.74) is 0.478. The fraction of sp³-hybridized carbons (Fsp3) is 0.182. The summed E-state index contributed by atoms with van der Waals surface area (Å²) in [6.45, 7) is 3.52. The molecule has 0 fully saturated rings. The van der Waals surface area contributed by atoms with Crippen molar-refractivity contribution in [2.24, 2.45) is 0 Å². The summed E-state index contributed by atoms with van der Waals surface area (Å²) in [7, 11) is 0. The standard InChI is InChI=1S/C11H11N3O2/c1-6-12-7(2)14-11(13-6)9-4-3-8(15)5-10(9)16/h3-5,15-16H,1-2H3. The average molecular weight is 217 g/mol. The third kappa shape index (κ3) is 1.93. The van der Waals surface area contributed by atoms with Crippen LogP contribution < -0.4 is 0 Å². The SMILES string of the molecule is Cc1nc(C)nc(-c2ccc(O)cc2O)n1. The Morgan fingerprint density at radius 2 is 1.56 bits per heavy atom. The molecule has 2 N–H and O–H groups in total. The highest BCUT2D eigenvalue weighted by molar-refractivity contribution is 5.64. The van der Waals surface area contributed by atoms with E-state index in [1.54, 1.807) is 19.9 Å². The topological polar surface area (TPSA) is 79.1 Å². The van der Waals surface area contributed by atoms with Crippen LogP contribution in [0.3, 0.4) is 0 Å². The first-order chi connectivity index (χ1) is 7.56. The molecule has 0 amide bonds. The molecule has 5 heteroatoms. The van der Waals surface area contributed by atoms with E-state index in [4.69, 9.17) is 0 Å². The van der Waals surface area contributed by atoms with Gasteiger partial charge in [-0.05, 0) is 26.0 Å². The Hall–Kier alpha value is -2.17. The van der Waals surface area contributed by atoms with Gasteiger partial charge >= 0.3 is 0 Å². The molecule has 0 radical (unpaired) electrons. The third-order valence-corrected chi connectivity index (χ3v) is 2.08. The van der Waals surface area contributed by atoms with Gasteiger partial charge in [0.05, 0.1) is 5.56 Å². The molecule has 16 heavy (non-hydrogen) atoms. The second kappa shape index (κ2) is 3.77. The number of phenolic OH excluding ortho intramolecular Hbond substituents is 2. The van der Waals surface area contributed by atoms with E-state index in [1.165, 1.54) is 12.1 Å². The van der Waals surface area contributed by atoms with Crippen molar-refractivity contribution in [2.45, 2.75) is 13.8 Å². The highest BCUT2D eigenvalue weighted by Crippen LogP contribution is 2.29. The Kier molecular flexibility index (Phi) is 2.44. The van der Waals surface area contributed by atoms with Crippen LogP contribution in [0, 0.1) is 13.8 Å². The Morgan fingerprint density at radius 3 is 2.12 bits per heavy atom. The molecule has 0 spiro atoms. The summed E-state index contributed by atoms with van der Waals surface area (Å²) in [6, 6.07) is 4.30. The molecule has 0 aliphatic heterocycles. The smallest absolute Gasteiger partial charge is 0.167 e. The number of aromatic nitrogens is 3. The van der Waals surface area contributed by atoms with E-state index >= 15 is 0 Å². The molecule has 0 atom stereocenters. The molecule has 82 valence electrons. The lowest BCUT2D eigenvalue weighted by atomic mass is 10.2. The van der Waals surface area contributed by atoms with Gasteiger partial charge in [0, 0.05) is 6.07 Å². The van der Waals surface area contributed by atoms with Gasteiger partial charge in [0.2, 0.25) is 0 Å². The van der Waals surface area contributed by atoms with Crippen LogP contribution in [-0.2, 0) is 0 Å². The van der Waals surface area contributed by atoms with Gasteiger partial charge in [-0.3, -0.25) is 0 Å². The Labute approximate surface area is 92.5 Å². The Balaban J connectivity index is 2.58. The van der Waals surface area contributed by atoms with E-state index < -0.39 is 0 Å². The summed E-state index contributed by atoms with van der Waals surface area (Å²) < 4.78 is 0. The van der Waals surface area contributed by atoms with E-state index in [2.05, 4.69) is 15.0 Å². The van der Waals surface area contributed by atoms with Crippen LogP contribution in [0.25, 0.3) is 11.4 Å². The van der Waals surface area contributed by atoms with Gasteiger partial charge in [0.25, 0.3) is 0 Å². The minimum Gasteiger partial charge on any atom is -0.508 e. The van der Waals surface area contributed by atoms with Crippen LogP contribution in [0.1, 0.15) is 11.6 Å². The first-order valence-corrected chi connectivity index (χ1v) is 4.78. The van der Waals surface area contributed by atoms with Crippen molar-refractivity contribution < 1.29 is 10.2 Å². The molecule has 2 rings (SSSR count). The van der Waals surface area contributed by atoms with Crippen molar-refractivity contribution in [1.82, 2.24) is 15.0 Å². The normalized spacial score (nSPS) is 10.4. The average Bonchev–Trinajstić information content (AvgIpc) is 2.15. The zero-order chi connectivity index (χ0) is 11.7. The van der Waals surface area contributed by atoms with Crippen LogP contribution in [-0.4, -0.2) is 25.2 Å². The fourth-order valence-corrected chi connectivity index (χ4v) is 1.45. The van der Waals surface area contributed by atoms with Gasteiger partial charge in [-0.25, -0.2) is 15.0 Å². The largest absolute Gasteiger partial charge is 0.508 e. The second-order valence-electron chi connectivity index (χ2n) is 3.45. The summed E-state index contributed by atoms with van der Waals surface area (Å²) in [4.78, 5) is 12.3. The molecular formula is C11H11N3O2. The van der Waals surface area contributed by atoms with E-state index in [9.17, 15) is 10.2 Å². The lowest BCUT2D eigenvalue weighted by Crippen LogP contribution is -1.98. The number of hydrogen-bond acceptors (Lipinski definition) is 5. The predicted molar refractivity (Wildman–Crippen MR) is 58.1 cm³/mol. The first kappa shape index (κ1) is 10.4. The number of hydrogen-bond donors (Lipinski definition) is 2. The number of benzene rings is 1. The van der Waals surface area contributed by atoms with Crippen molar-refractivity contribution in [3.05, 3.63) is 29.8 Å². The van der Waals surface area contributed by atoms with Gasteiger partial charge < -0.3 is 10.2 Å². The Morgan fingerprint density at radius 1 is 0.938 bits per heavy atom. The molecule has 0 unspecified atom stereocenters. The summed E-state index contributed by atoms with van der Waals surface area (Å²) in [5.74, 6) is 1.54. The molecule has 1 aromatic carbocycles. The van der Waals surface area contributed by atoms with Gasteiger partial charge in [-0.2, -0.15) is 0 Å². The van der Waals surface area contributed by atoms with Crippen LogP contribution >= 0.6 is 0 Å². The van der Waals surface area contributed by atoms with E-state index in [1.807, 2.05) is 0 Å². The van der Waals surface area contributed by atoms with Crippen molar-refractivity contribution in [2.75, 3.05) is 0 Å². The monoisotopic (exact) mass is 217 g/mol. The van der Waals surface area contributed by atoms with Gasteiger partial charge in [-0.1, -0.05) is 0 Å². The lowest BCUT2D eigenvalue weighted by Gasteiger charge is -2.05. The third-order valence-electron chi connectivity index (χ3n) is 2.08. The summed E-state index contributed by atoms with van der Waals surface area (Å²) in [5, 5.41) is 18.8. The van der Waals surface area contributed by atoms with Crippen LogP contribution in [0.15, 0.2) is 18.2 Å². The van der Waals surface area contributed by atoms with Gasteiger partial charge in [0.1, 0.15) is 23.1 Å². The maximum Gasteiger partial charge on any atom is 0.167 e. The van der Waals surface area contributed by atoms with Crippen molar-refractivity contribution >= 4 is 0 Å². The van der Waals surface area contributed by atoms with Gasteiger partial charge in [-0.15, -0.1) is 0 Å². The number of rotatable bonds is 1. The van der Waals surface area contributed by atoms with E-state index in [-0.39, 0.29) is 11.5 Å². The summed E-state index contributed by atoms with van der Waals surface area (Å²) >= 11 is 0. The highest BCUT2D eigenvalue weighted by Gasteiger charge is 2.09. The zero-order valence-corrected chi connectivity index (χ0v) is 8.97. The summed E-state index contributed by atoms with van der Waals surface area (Å²) in [6.07, 6.45) is 0. The second-order valence-corrected chi connectivity index (χ2v) is 3.45. The number of aryl methyl sites for hydroxylation is 2. The lowest BCUT2D eigenvalue weighted by molar-refractivity contribution is 0.451. The zero-order valence-electron chi connectivity index (χ0n) is 8.97. The fourth-order valence-electron chi connectivity index (χ4n) is 1.45. The van der Waals surface area contributed by atoms with Crippen molar-refractivity contribution in [3.63, 3.8) is 0 Å². The van der Waals surface area contributed by atoms with Crippen LogP contribution in [0.5, 0.6) is 11.5 Å². The molecule has 0 aliphatic carbocycles. The Bertz CT molecular complexity index is 520. The van der Waals surface area contributed by atoms with Crippen molar-refractivity contribution in [3.8, 4) is 22.9 Å².